The summed E-state index contributed by atoms with van der Waals surface area (Å²) >= 11 is 4.07. The summed E-state index contributed by atoms with van der Waals surface area (Å²) in [7, 11) is 0. The first-order valence-electron chi connectivity index (χ1n) is 17.7. The van der Waals surface area contributed by atoms with Crippen LogP contribution in [0.3, 0.4) is 0 Å². The van der Waals surface area contributed by atoms with E-state index in [-0.39, 0.29) is 62.9 Å². The molecule has 55 heavy (non-hydrogen) atoms. The third-order valence-electron chi connectivity index (χ3n) is 8.29. The Kier molecular flexibility index (Phi) is 22.1. The number of carboxylic acid groups (broad SMARTS) is 1. The molecule has 0 heterocycles. The highest BCUT2D eigenvalue weighted by Crippen LogP contribution is 2.12. The molecule has 0 spiro atoms. The van der Waals surface area contributed by atoms with Crippen LogP contribution in [0.4, 0.5) is 0 Å². The minimum absolute atomic E-state index is 0.00710. The van der Waals surface area contributed by atoms with Crippen LogP contribution in [0.5, 0.6) is 0 Å². The van der Waals surface area contributed by atoms with Gasteiger partial charge in [-0.05, 0) is 37.2 Å². The van der Waals surface area contributed by atoms with Crippen molar-refractivity contribution in [1.82, 2.24) is 26.6 Å². The van der Waals surface area contributed by atoms with Gasteiger partial charge >= 0.3 is 5.97 Å². The summed E-state index contributed by atoms with van der Waals surface area (Å²) in [4.78, 5) is 98.0. The molecular formula is C34H56N12O8S. The topological polar surface area (TPSA) is 355 Å². The van der Waals surface area contributed by atoms with Gasteiger partial charge in [0, 0.05) is 25.3 Å². The van der Waals surface area contributed by atoms with Crippen LogP contribution in [0.1, 0.15) is 57.9 Å². The van der Waals surface area contributed by atoms with Gasteiger partial charge in [-0.3, -0.25) is 38.8 Å². The SMILES string of the molecule is CC[C@H](C)[C@H](NC(=O)[C@H](CCCN=C(N)N)NC(=O)[C@@H](N)CC(=O)O)C(=O)N[C@@H](Cc1ccccc1)C(=O)N[C@@H](CCCN=C(N)N)C(=O)N[C@H](C=O)CS. The highest BCUT2D eigenvalue weighted by Gasteiger charge is 2.34. The average Bonchev–Trinajstić information content (AvgIpc) is 3.13. The van der Waals surface area contributed by atoms with E-state index < -0.39 is 84.1 Å². The zero-order chi connectivity index (χ0) is 41.5. The average molecular weight is 793 g/mol. The van der Waals surface area contributed by atoms with Crippen molar-refractivity contribution in [1.29, 1.82) is 0 Å². The number of amides is 5. The number of thiol groups is 1. The van der Waals surface area contributed by atoms with Gasteiger partial charge in [0.1, 0.15) is 30.5 Å². The lowest BCUT2D eigenvalue weighted by atomic mass is 9.96. The molecule has 0 aliphatic carbocycles. The van der Waals surface area contributed by atoms with Crippen LogP contribution in [0.2, 0.25) is 0 Å². The molecule has 0 aliphatic rings. The number of carbonyl (C=O) groups is 7. The number of guanidine groups is 2. The maximum Gasteiger partial charge on any atom is 0.305 e. The van der Waals surface area contributed by atoms with Gasteiger partial charge in [-0.1, -0.05) is 50.6 Å². The summed E-state index contributed by atoms with van der Waals surface area (Å²) in [6, 6.07) is 1.43. The number of hydrogen-bond acceptors (Lipinski definition) is 11. The van der Waals surface area contributed by atoms with Crippen LogP contribution in [0.15, 0.2) is 40.3 Å². The van der Waals surface area contributed by atoms with Crippen molar-refractivity contribution < 1.29 is 38.7 Å². The molecule has 16 N–H and O–H groups in total. The zero-order valence-electron chi connectivity index (χ0n) is 31.1. The summed E-state index contributed by atoms with van der Waals surface area (Å²) in [5.74, 6) is -5.98. The fourth-order valence-electron chi connectivity index (χ4n) is 5.06. The quantitative estimate of drug-likeness (QED) is 0.0144. The number of rotatable bonds is 26. The van der Waals surface area contributed by atoms with E-state index in [1.165, 1.54) is 0 Å². The Morgan fingerprint density at radius 1 is 0.764 bits per heavy atom. The fourth-order valence-corrected chi connectivity index (χ4v) is 5.24. The van der Waals surface area contributed by atoms with Crippen molar-refractivity contribution in [2.45, 2.75) is 95.0 Å². The Morgan fingerprint density at radius 2 is 1.25 bits per heavy atom. The van der Waals surface area contributed by atoms with Crippen LogP contribution in [0.25, 0.3) is 0 Å². The summed E-state index contributed by atoms with van der Waals surface area (Å²) < 4.78 is 0. The molecule has 1 aromatic rings. The first kappa shape index (κ1) is 47.6. The summed E-state index contributed by atoms with van der Waals surface area (Å²) in [5, 5.41) is 22.1. The summed E-state index contributed by atoms with van der Waals surface area (Å²) in [5.41, 5.74) is 28.0. The molecule has 306 valence electrons. The van der Waals surface area contributed by atoms with Crippen molar-refractivity contribution in [2.24, 2.45) is 44.6 Å². The van der Waals surface area contributed by atoms with E-state index in [2.05, 4.69) is 49.2 Å². The largest absolute Gasteiger partial charge is 0.481 e. The second-order valence-electron chi connectivity index (χ2n) is 12.8. The second kappa shape index (κ2) is 25.6. The van der Waals surface area contributed by atoms with Gasteiger partial charge in [-0.15, -0.1) is 0 Å². The fraction of sp³-hybridized carbons (Fsp3) is 0.559. The molecule has 0 aromatic heterocycles. The number of nitrogens with zero attached hydrogens (tertiary/aromatic N) is 2. The molecule has 0 saturated carbocycles. The van der Waals surface area contributed by atoms with Gasteiger partial charge in [-0.2, -0.15) is 12.6 Å². The maximum atomic E-state index is 14.0. The van der Waals surface area contributed by atoms with E-state index in [0.717, 1.165) is 0 Å². The van der Waals surface area contributed by atoms with Crippen LogP contribution in [0, 0.1) is 5.92 Å². The van der Waals surface area contributed by atoms with E-state index in [0.29, 0.717) is 18.3 Å². The molecule has 20 nitrogen and oxygen atoms in total. The van der Waals surface area contributed by atoms with E-state index in [1.54, 1.807) is 44.2 Å². The normalized spacial score (nSPS) is 14.5. The molecule has 1 aromatic carbocycles. The van der Waals surface area contributed by atoms with Crippen molar-refractivity contribution in [3.8, 4) is 0 Å². The van der Waals surface area contributed by atoms with E-state index in [9.17, 15) is 33.6 Å². The van der Waals surface area contributed by atoms with Crippen molar-refractivity contribution in [2.75, 3.05) is 18.8 Å². The number of benzene rings is 1. The molecule has 7 atom stereocenters. The third kappa shape index (κ3) is 18.9. The van der Waals surface area contributed by atoms with Gasteiger partial charge in [0.15, 0.2) is 11.9 Å². The van der Waals surface area contributed by atoms with Crippen LogP contribution < -0.4 is 55.3 Å². The number of carboxylic acids is 1. The second-order valence-corrected chi connectivity index (χ2v) is 13.1. The van der Waals surface area contributed by atoms with Gasteiger partial charge in [-0.25, -0.2) is 0 Å². The molecule has 0 aliphatic heterocycles. The van der Waals surface area contributed by atoms with Gasteiger partial charge in [0.05, 0.1) is 18.5 Å². The Bertz CT molecular complexity index is 1490. The zero-order valence-corrected chi connectivity index (χ0v) is 32.0. The lowest BCUT2D eigenvalue weighted by molar-refractivity contribution is -0.140. The van der Waals surface area contributed by atoms with Crippen LogP contribution in [-0.4, -0.2) is 114 Å². The number of nitrogens with two attached hydrogens (primary N) is 5. The number of aliphatic imine (C=N–C) groups is 2. The Labute approximate surface area is 325 Å². The third-order valence-corrected chi connectivity index (χ3v) is 8.68. The van der Waals surface area contributed by atoms with E-state index in [1.807, 2.05) is 0 Å². The van der Waals surface area contributed by atoms with Gasteiger partial charge in [0.2, 0.25) is 29.5 Å². The molecule has 0 radical (unpaired) electrons. The molecule has 0 fully saturated rings. The summed E-state index contributed by atoms with van der Waals surface area (Å²) in [6.45, 7) is 3.74. The lowest BCUT2D eigenvalue weighted by Crippen LogP contribution is -2.60. The molecule has 0 unspecified atom stereocenters. The Morgan fingerprint density at radius 3 is 1.73 bits per heavy atom. The van der Waals surface area contributed by atoms with Crippen molar-refractivity contribution in [3.05, 3.63) is 35.9 Å². The van der Waals surface area contributed by atoms with Crippen LogP contribution >= 0.6 is 12.6 Å². The van der Waals surface area contributed by atoms with Gasteiger partial charge in [0.25, 0.3) is 0 Å². The predicted octanol–water partition coefficient (Wildman–Crippen LogP) is -3.26. The Balaban J connectivity index is 3.42. The predicted molar refractivity (Wildman–Crippen MR) is 209 cm³/mol. The highest BCUT2D eigenvalue weighted by atomic mass is 32.1. The van der Waals surface area contributed by atoms with E-state index in [4.69, 9.17) is 33.8 Å². The smallest absolute Gasteiger partial charge is 0.305 e. The molecule has 0 saturated heterocycles. The first-order chi connectivity index (χ1) is 26.0. The molecule has 21 heteroatoms. The van der Waals surface area contributed by atoms with E-state index >= 15 is 0 Å². The molecule has 0 bridgehead atoms. The molecular weight excluding hydrogens is 737 g/mol. The minimum atomic E-state index is -1.46. The highest BCUT2D eigenvalue weighted by molar-refractivity contribution is 7.80. The standard InChI is InChI=1S/C34H56N12O8S/c1-3-19(2)27(46-30(52)24(12-8-14-41-34(38)39)43-28(50)22(35)16-26(48)49)32(54)45-25(15-20-9-5-4-6-10-20)31(53)44-23(11-7-13-40-33(36)37)29(51)42-21(17-47)18-55/h4-6,9-10,17,19,21-25,27,55H,3,7-8,11-16,18,35H2,1-2H3,(H,42,51)(H,43,50)(H,44,53)(H,45,54)(H,46,52)(H,48,49)(H4,36,37,40)(H4,38,39,41)/t19-,21+,22-,23-,24-,25-,27-/m0/s1. The number of aliphatic carboxylic acids is 1. The molecule has 5 amide bonds. The first-order valence-corrected chi connectivity index (χ1v) is 18.4. The maximum absolute atomic E-state index is 14.0. The monoisotopic (exact) mass is 792 g/mol. The summed E-state index contributed by atoms with van der Waals surface area (Å²) in [6.07, 6.45) is 0.750. The molecule has 1 rings (SSSR count). The number of carbonyl (C=O) groups excluding carboxylic acids is 6. The number of hydrogen-bond donors (Lipinski definition) is 12. The van der Waals surface area contributed by atoms with Crippen LogP contribution in [-0.2, 0) is 40.0 Å². The van der Waals surface area contributed by atoms with Crippen molar-refractivity contribution in [3.63, 3.8) is 0 Å². The number of nitrogens with one attached hydrogen (secondary N) is 5. The lowest BCUT2D eigenvalue weighted by Gasteiger charge is -2.29. The Hall–Kier alpha value is -5.44. The van der Waals surface area contributed by atoms with Gasteiger partial charge < -0.3 is 65.2 Å². The van der Waals surface area contributed by atoms with Crippen molar-refractivity contribution >= 4 is 66.3 Å². The minimum Gasteiger partial charge on any atom is -0.481 e. The number of aldehydes is 1.